The molecule has 1 fully saturated rings. The van der Waals surface area contributed by atoms with Crippen LogP contribution in [-0.2, 0) is 9.53 Å². The lowest BCUT2D eigenvalue weighted by Gasteiger charge is -2.31. The molecule has 0 bridgehead atoms. The van der Waals surface area contributed by atoms with E-state index in [1.807, 2.05) is 18.7 Å². The zero-order valence-corrected chi connectivity index (χ0v) is 9.95. The van der Waals surface area contributed by atoms with Gasteiger partial charge in [-0.3, -0.25) is 4.79 Å². The molecule has 1 amide bonds. The largest absolute Gasteiger partial charge is 0.369 e. The van der Waals surface area contributed by atoms with Crippen LogP contribution in [0.3, 0.4) is 0 Å². The predicted molar refractivity (Wildman–Crippen MR) is 59.5 cm³/mol. The van der Waals surface area contributed by atoms with Crippen molar-refractivity contribution in [3.8, 4) is 0 Å². The number of carbonyl (C=O) groups is 1. The monoisotopic (exact) mass is 214 g/mol. The molecule has 0 unspecified atom stereocenters. The van der Waals surface area contributed by atoms with Gasteiger partial charge >= 0.3 is 0 Å². The van der Waals surface area contributed by atoms with Crippen LogP contribution in [0.5, 0.6) is 0 Å². The molecule has 1 saturated carbocycles. The van der Waals surface area contributed by atoms with Crippen LogP contribution in [0.1, 0.15) is 33.1 Å². The quantitative estimate of drug-likeness (QED) is 0.710. The average Bonchev–Trinajstić information content (AvgIpc) is 3.02. The van der Waals surface area contributed by atoms with Gasteiger partial charge in [0.25, 0.3) is 5.91 Å². The minimum Gasteiger partial charge on any atom is -0.369 e. The molecular formula is C11H22N2O2. The van der Waals surface area contributed by atoms with E-state index in [-0.39, 0.29) is 5.91 Å². The normalized spacial score (nSPS) is 16.5. The summed E-state index contributed by atoms with van der Waals surface area (Å²) in [6.07, 6.45) is 3.11. The SMILES string of the molecule is COC(C)(C)C(=O)N(CCCN)C1CC1. The van der Waals surface area contributed by atoms with E-state index in [1.165, 1.54) is 0 Å². The summed E-state index contributed by atoms with van der Waals surface area (Å²) in [5.41, 5.74) is 4.76. The zero-order valence-electron chi connectivity index (χ0n) is 9.95. The van der Waals surface area contributed by atoms with Crippen molar-refractivity contribution >= 4 is 5.91 Å². The van der Waals surface area contributed by atoms with Crippen LogP contribution in [-0.4, -0.2) is 42.6 Å². The molecule has 0 spiro atoms. The fourth-order valence-corrected chi connectivity index (χ4v) is 1.53. The van der Waals surface area contributed by atoms with E-state index in [1.54, 1.807) is 7.11 Å². The number of hydrogen-bond acceptors (Lipinski definition) is 3. The van der Waals surface area contributed by atoms with Gasteiger partial charge in [0.1, 0.15) is 5.60 Å². The van der Waals surface area contributed by atoms with Crippen LogP contribution in [0.4, 0.5) is 0 Å². The Bertz CT molecular complexity index is 225. The highest BCUT2D eigenvalue weighted by Gasteiger charge is 2.39. The number of ether oxygens (including phenoxy) is 1. The van der Waals surface area contributed by atoms with Crippen molar-refractivity contribution in [1.82, 2.24) is 4.90 Å². The maximum absolute atomic E-state index is 12.1. The molecule has 0 saturated heterocycles. The van der Waals surface area contributed by atoms with Crippen molar-refractivity contribution in [2.75, 3.05) is 20.2 Å². The first-order chi connectivity index (χ1) is 7.03. The van der Waals surface area contributed by atoms with Crippen LogP contribution in [0.2, 0.25) is 0 Å². The lowest BCUT2D eigenvalue weighted by Crippen LogP contribution is -2.48. The number of rotatable bonds is 6. The average molecular weight is 214 g/mol. The number of hydrogen-bond donors (Lipinski definition) is 1. The Labute approximate surface area is 91.8 Å². The first-order valence-electron chi connectivity index (χ1n) is 5.59. The van der Waals surface area contributed by atoms with Gasteiger partial charge in [0.05, 0.1) is 0 Å². The Hall–Kier alpha value is -0.610. The Morgan fingerprint density at radius 1 is 1.53 bits per heavy atom. The van der Waals surface area contributed by atoms with E-state index >= 15 is 0 Å². The van der Waals surface area contributed by atoms with Crippen LogP contribution >= 0.6 is 0 Å². The Balaban J connectivity index is 2.58. The number of nitrogens with two attached hydrogens (primary N) is 1. The van der Waals surface area contributed by atoms with Gasteiger partial charge in [0.2, 0.25) is 0 Å². The van der Waals surface area contributed by atoms with E-state index < -0.39 is 5.60 Å². The summed E-state index contributed by atoms with van der Waals surface area (Å²) in [6, 6.07) is 0.429. The van der Waals surface area contributed by atoms with Crippen LogP contribution in [0, 0.1) is 0 Å². The summed E-state index contributed by atoms with van der Waals surface area (Å²) in [5.74, 6) is 0.0842. The summed E-state index contributed by atoms with van der Waals surface area (Å²) in [4.78, 5) is 14.1. The van der Waals surface area contributed by atoms with Gasteiger partial charge in [-0.05, 0) is 39.7 Å². The van der Waals surface area contributed by atoms with E-state index in [2.05, 4.69) is 0 Å². The maximum Gasteiger partial charge on any atom is 0.254 e. The summed E-state index contributed by atoms with van der Waals surface area (Å²) in [7, 11) is 1.58. The van der Waals surface area contributed by atoms with Crippen LogP contribution < -0.4 is 5.73 Å². The summed E-state index contributed by atoms with van der Waals surface area (Å²) in [5, 5.41) is 0. The second-order valence-electron chi connectivity index (χ2n) is 4.59. The molecule has 1 rings (SSSR count). The first-order valence-corrected chi connectivity index (χ1v) is 5.59. The third kappa shape index (κ3) is 3.18. The molecule has 88 valence electrons. The van der Waals surface area contributed by atoms with Crippen molar-refractivity contribution in [2.45, 2.75) is 44.8 Å². The van der Waals surface area contributed by atoms with Crippen molar-refractivity contribution < 1.29 is 9.53 Å². The number of carbonyl (C=O) groups excluding carboxylic acids is 1. The van der Waals surface area contributed by atoms with E-state index in [9.17, 15) is 4.79 Å². The number of methoxy groups -OCH3 is 1. The Kier molecular flexibility index (Phi) is 4.11. The molecule has 0 aliphatic heterocycles. The second-order valence-corrected chi connectivity index (χ2v) is 4.59. The summed E-state index contributed by atoms with van der Waals surface area (Å²) >= 11 is 0. The van der Waals surface area contributed by atoms with E-state index in [0.29, 0.717) is 12.6 Å². The third-order valence-corrected chi connectivity index (χ3v) is 2.88. The third-order valence-electron chi connectivity index (χ3n) is 2.88. The van der Waals surface area contributed by atoms with Crippen LogP contribution in [0.25, 0.3) is 0 Å². The molecule has 1 aliphatic rings. The molecule has 1 aliphatic carbocycles. The minimum atomic E-state index is -0.711. The van der Waals surface area contributed by atoms with E-state index in [0.717, 1.165) is 25.8 Å². The van der Waals surface area contributed by atoms with Gasteiger partial charge in [0.15, 0.2) is 0 Å². The zero-order chi connectivity index (χ0) is 11.5. The molecule has 0 heterocycles. The molecule has 0 aromatic rings. The molecule has 2 N–H and O–H groups in total. The molecular weight excluding hydrogens is 192 g/mol. The second kappa shape index (κ2) is 4.94. The lowest BCUT2D eigenvalue weighted by molar-refractivity contribution is -0.151. The van der Waals surface area contributed by atoms with Crippen molar-refractivity contribution in [1.29, 1.82) is 0 Å². The van der Waals surface area contributed by atoms with Crippen molar-refractivity contribution in [3.63, 3.8) is 0 Å². The highest BCUT2D eigenvalue weighted by atomic mass is 16.5. The van der Waals surface area contributed by atoms with Gasteiger partial charge in [-0.25, -0.2) is 0 Å². The topological polar surface area (TPSA) is 55.6 Å². The van der Waals surface area contributed by atoms with Gasteiger partial charge in [-0.1, -0.05) is 0 Å². The molecule has 4 heteroatoms. The lowest BCUT2D eigenvalue weighted by atomic mass is 10.1. The standard InChI is InChI=1S/C11H22N2O2/c1-11(2,15-3)10(14)13(8-4-7-12)9-5-6-9/h9H,4-8,12H2,1-3H3. The maximum atomic E-state index is 12.1. The number of nitrogens with zero attached hydrogens (tertiary/aromatic N) is 1. The highest BCUT2D eigenvalue weighted by Crippen LogP contribution is 2.29. The Morgan fingerprint density at radius 3 is 2.53 bits per heavy atom. The fourth-order valence-electron chi connectivity index (χ4n) is 1.53. The highest BCUT2D eigenvalue weighted by molar-refractivity contribution is 5.85. The molecule has 0 radical (unpaired) electrons. The predicted octanol–water partition coefficient (Wildman–Crippen LogP) is 0.751. The van der Waals surface area contributed by atoms with Gasteiger partial charge in [-0.15, -0.1) is 0 Å². The van der Waals surface area contributed by atoms with Gasteiger partial charge in [0, 0.05) is 19.7 Å². The number of amides is 1. The molecule has 0 aromatic heterocycles. The smallest absolute Gasteiger partial charge is 0.254 e. The summed E-state index contributed by atoms with van der Waals surface area (Å²) in [6.45, 7) is 5.01. The van der Waals surface area contributed by atoms with Gasteiger partial charge in [-0.2, -0.15) is 0 Å². The molecule has 0 atom stereocenters. The van der Waals surface area contributed by atoms with E-state index in [4.69, 9.17) is 10.5 Å². The molecule has 15 heavy (non-hydrogen) atoms. The molecule has 4 nitrogen and oxygen atoms in total. The van der Waals surface area contributed by atoms with Crippen molar-refractivity contribution in [2.24, 2.45) is 5.73 Å². The minimum absolute atomic E-state index is 0.0842. The fraction of sp³-hybridized carbons (Fsp3) is 0.909. The summed E-state index contributed by atoms with van der Waals surface area (Å²) < 4.78 is 5.22. The first kappa shape index (κ1) is 12.5. The van der Waals surface area contributed by atoms with Crippen molar-refractivity contribution in [3.05, 3.63) is 0 Å². The molecule has 0 aromatic carbocycles. The van der Waals surface area contributed by atoms with Crippen LogP contribution in [0.15, 0.2) is 0 Å². The Morgan fingerprint density at radius 2 is 2.13 bits per heavy atom. The van der Waals surface area contributed by atoms with Gasteiger partial charge < -0.3 is 15.4 Å².